The highest BCUT2D eigenvalue weighted by Crippen LogP contribution is 2.24. The molecule has 1 rings (SSSR count). The van der Waals surface area contributed by atoms with Gasteiger partial charge in [0.1, 0.15) is 10.7 Å². The van der Waals surface area contributed by atoms with Crippen LogP contribution in [0.2, 0.25) is 5.02 Å². The van der Waals surface area contributed by atoms with Gasteiger partial charge in [0.2, 0.25) is 10.0 Å². The van der Waals surface area contributed by atoms with Crippen LogP contribution >= 0.6 is 23.4 Å². The summed E-state index contributed by atoms with van der Waals surface area (Å²) in [6.45, 7) is 3.23. The molecule has 0 atom stereocenters. The maximum absolute atomic E-state index is 12.3. The van der Waals surface area contributed by atoms with Crippen molar-refractivity contribution in [3.63, 3.8) is 0 Å². The highest BCUT2D eigenvalue weighted by atomic mass is 35.5. The van der Waals surface area contributed by atoms with Crippen molar-refractivity contribution in [2.45, 2.75) is 18.2 Å². The molecule has 0 aliphatic rings. The number of halogens is 1. The highest BCUT2D eigenvalue weighted by Gasteiger charge is 2.21. The Bertz CT molecular complexity index is 538. The Hall–Kier alpha value is -0.500. The standard InChI is InChI=1S/C12H20ClN3O2S2/c1-4-5-14-12-11(13)8-10(9-15-12)20(17,18)16(2)6-7-19-3/h8-9H,4-7H2,1-3H3,(H,14,15). The average molecular weight is 338 g/mol. The number of sulfonamides is 1. The minimum absolute atomic E-state index is 0.119. The minimum atomic E-state index is -3.53. The lowest BCUT2D eigenvalue weighted by atomic mass is 10.4. The Labute approximate surface area is 130 Å². The van der Waals surface area contributed by atoms with Gasteiger partial charge in [-0.25, -0.2) is 17.7 Å². The number of hydrogen-bond acceptors (Lipinski definition) is 5. The molecule has 1 aromatic rings. The highest BCUT2D eigenvalue weighted by molar-refractivity contribution is 7.98. The lowest BCUT2D eigenvalue weighted by Gasteiger charge is -2.17. The molecular weight excluding hydrogens is 318 g/mol. The average Bonchev–Trinajstić information content (AvgIpc) is 2.43. The third kappa shape index (κ3) is 4.51. The van der Waals surface area contributed by atoms with Crippen molar-refractivity contribution in [2.75, 3.05) is 37.5 Å². The molecule has 0 aliphatic carbocycles. The Kier molecular flexibility index (Phi) is 7.08. The molecule has 0 saturated carbocycles. The second-order valence-electron chi connectivity index (χ2n) is 4.25. The van der Waals surface area contributed by atoms with Crippen LogP contribution in [0.3, 0.4) is 0 Å². The SMILES string of the molecule is CCCNc1ncc(S(=O)(=O)N(C)CCSC)cc1Cl. The molecule has 0 fully saturated rings. The van der Waals surface area contributed by atoms with E-state index in [-0.39, 0.29) is 4.90 Å². The van der Waals surface area contributed by atoms with E-state index in [2.05, 4.69) is 10.3 Å². The smallest absolute Gasteiger partial charge is 0.244 e. The summed E-state index contributed by atoms with van der Waals surface area (Å²) in [5.74, 6) is 1.26. The van der Waals surface area contributed by atoms with Gasteiger partial charge in [-0.1, -0.05) is 18.5 Å². The molecule has 0 unspecified atom stereocenters. The van der Waals surface area contributed by atoms with Crippen LogP contribution in [0.5, 0.6) is 0 Å². The van der Waals surface area contributed by atoms with Crippen LogP contribution in [0, 0.1) is 0 Å². The van der Waals surface area contributed by atoms with E-state index in [9.17, 15) is 8.42 Å². The summed E-state index contributed by atoms with van der Waals surface area (Å²) in [6, 6.07) is 1.44. The lowest BCUT2D eigenvalue weighted by molar-refractivity contribution is 0.488. The Morgan fingerprint density at radius 1 is 1.50 bits per heavy atom. The van der Waals surface area contributed by atoms with E-state index in [0.717, 1.165) is 18.7 Å². The van der Waals surface area contributed by atoms with Gasteiger partial charge in [0, 0.05) is 32.1 Å². The molecule has 20 heavy (non-hydrogen) atoms. The van der Waals surface area contributed by atoms with E-state index >= 15 is 0 Å². The molecule has 114 valence electrons. The van der Waals surface area contributed by atoms with E-state index in [1.165, 1.54) is 16.6 Å². The minimum Gasteiger partial charge on any atom is -0.369 e. The zero-order valence-corrected chi connectivity index (χ0v) is 14.3. The summed E-state index contributed by atoms with van der Waals surface area (Å²) in [7, 11) is -1.97. The molecule has 0 radical (unpaired) electrons. The maximum Gasteiger partial charge on any atom is 0.244 e. The van der Waals surface area contributed by atoms with Crippen LogP contribution in [-0.4, -0.2) is 49.9 Å². The number of nitrogens with one attached hydrogen (secondary N) is 1. The van der Waals surface area contributed by atoms with Gasteiger partial charge in [0.15, 0.2) is 0 Å². The van der Waals surface area contributed by atoms with Crippen LogP contribution in [0.25, 0.3) is 0 Å². The molecule has 1 heterocycles. The lowest BCUT2D eigenvalue weighted by Crippen LogP contribution is -2.29. The monoisotopic (exact) mass is 337 g/mol. The molecule has 0 spiro atoms. The number of rotatable bonds is 8. The van der Waals surface area contributed by atoms with Crippen molar-refractivity contribution in [2.24, 2.45) is 0 Å². The van der Waals surface area contributed by atoms with Crippen LogP contribution in [-0.2, 0) is 10.0 Å². The van der Waals surface area contributed by atoms with E-state index in [4.69, 9.17) is 11.6 Å². The molecule has 0 amide bonds. The van der Waals surface area contributed by atoms with Gasteiger partial charge in [-0.05, 0) is 18.7 Å². The predicted octanol–water partition coefficient (Wildman–Crippen LogP) is 2.54. The van der Waals surface area contributed by atoms with Gasteiger partial charge in [0.25, 0.3) is 0 Å². The molecule has 1 aromatic heterocycles. The van der Waals surface area contributed by atoms with Gasteiger partial charge in [-0.3, -0.25) is 0 Å². The van der Waals surface area contributed by atoms with Crippen molar-refractivity contribution >= 4 is 39.2 Å². The number of thioether (sulfide) groups is 1. The maximum atomic E-state index is 12.3. The molecule has 8 heteroatoms. The van der Waals surface area contributed by atoms with Crippen molar-refractivity contribution in [3.8, 4) is 0 Å². The summed E-state index contributed by atoms with van der Waals surface area (Å²) in [5.41, 5.74) is 0. The largest absolute Gasteiger partial charge is 0.369 e. The third-order valence-electron chi connectivity index (χ3n) is 2.68. The number of pyridine rings is 1. The molecule has 0 aromatic carbocycles. The number of hydrogen-bond donors (Lipinski definition) is 1. The third-order valence-corrected chi connectivity index (χ3v) is 5.38. The van der Waals surface area contributed by atoms with E-state index in [0.29, 0.717) is 17.4 Å². The predicted molar refractivity (Wildman–Crippen MR) is 86.2 cm³/mol. The van der Waals surface area contributed by atoms with E-state index in [1.807, 2.05) is 13.2 Å². The second-order valence-corrected chi connectivity index (χ2v) is 7.69. The van der Waals surface area contributed by atoms with E-state index in [1.54, 1.807) is 18.8 Å². The number of aromatic nitrogens is 1. The molecule has 5 nitrogen and oxygen atoms in total. The fourth-order valence-electron chi connectivity index (χ4n) is 1.45. The normalized spacial score (nSPS) is 11.8. The Balaban J connectivity index is 2.93. The molecule has 0 saturated heterocycles. The van der Waals surface area contributed by atoms with Crippen molar-refractivity contribution in [1.82, 2.24) is 9.29 Å². The first-order chi connectivity index (χ1) is 9.43. The van der Waals surface area contributed by atoms with E-state index < -0.39 is 10.0 Å². The summed E-state index contributed by atoms with van der Waals surface area (Å²) in [4.78, 5) is 4.21. The molecular formula is C12H20ClN3O2S2. The van der Waals surface area contributed by atoms with Gasteiger partial charge >= 0.3 is 0 Å². The number of anilines is 1. The summed E-state index contributed by atoms with van der Waals surface area (Å²) in [6.07, 6.45) is 4.22. The van der Waals surface area contributed by atoms with Crippen molar-refractivity contribution in [1.29, 1.82) is 0 Å². The quantitative estimate of drug-likeness (QED) is 0.789. The first-order valence-corrected chi connectivity index (χ1v) is 9.49. The Morgan fingerprint density at radius 3 is 2.75 bits per heavy atom. The van der Waals surface area contributed by atoms with Gasteiger partial charge in [-0.2, -0.15) is 11.8 Å². The van der Waals surface area contributed by atoms with Crippen molar-refractivity contribution in [3.05, 3.63) is 17.3 Å². The molecule has 0 aliphatic heterocycles. The first-order valence-electron chi connectivity index (χ1n) is 6.28. The number of nitrogens with zero attached hydrogens (tertiary/aromatic N) is 2. The Morgan fingerprint density at radius 2 is 2.20 bits per heavy atom. The van der Waals surface area contributed by atoms with Crippen LogP contribution in [0.1, 0.15) is 13.3 Å². The summed E-state index contributed by atoms with van der Waals surface area (Å²) >= 11 is 7.67. The van der Waals surface area contributed by atoms with Gasteiger partial charge in [-0.15, -0.1) is 0 Å². The van der Waals surface area contributed by atoms with Crippen LogP contribution < -0.4 is 5.32 Å². The van der Waals surface area contributed by atoms with Crippen LogP contribution in [0.4, 0.5) is 5.82 Å². The second kappa shape index (κ2) is 8.07. The fraction of sp³-hybridized carbons (Fsp3) is 0.583. The zero-order valence-electron chi connectivity index (χ0n) is 11.9. The zero-order chi connectivity index (χ0) is 15.2. The van der Waals surface area contributed by atoms with Crippen molar-refractivity contribution < 1.29 is 8.42 Å². The molecule has 0 bridgehead atoms. The summed E-state index contributed by atoms with van der Waals surface area (Å²) in [5, 5.41) is 3.37. The summed E-state index contributed by atoms with van der Waals surface area (Å²) < 4.78 is 25.9. The molecule has 1 N–H and O–H groups in total. The topological polar surface area (TPSA) is 62.3 Å². The van der Waals surface area contributed by atoms with Gasteiger partial charge in [0.05, 0.1) is 5.02 Å². The van der Waals surface area contributed by atoms with Gasteiger partial charge < -0.3 is 5.32 Å². The fourth-order valence-corrected chi connectivity index (χ4v) is 3.47. The van der Waals surface area contributed by atoms with Crippen LogP contribution in [0.15, 0.2) is 17.2 Å². The first kappa shape index (κ1) is 17.6.